The summed E-state index contributed by atoms with van der Waals surface area (Å²) in [6.07, 6.45) is 8.40. The van der Waals surface area contributed by atoms with E-state index in [0.717, 1.165) is 24.9 Å². The van der Waals surface area contributed by atoms with Crippen molar-refractivity contribution in [2.45, 2.75) is 70.0 Å². The van der Waals surface area contributed by atoms with Crippen LogP contribution >= 0.6 is 0 Å². The van der Waals surface area contributed by atoms with Gasteiger partial charge in [0.1, 0.15) is 0 Å². The van der Waals surface area contributed by atoms with E-state index in [1.54, 1.807) is 0 Å². The molecule has 0 aliphatic carbocycles. The first-order valence-electron chi connectivity index (χ1n) is 7.31. The van der Waals surface area contributed by atoms with Crippen LogP contribution in [0.5, 0.6) is 0 Å². The first-order valence-corrected chi connectivity index (χ1v) is 7.31. The fraction of sp³-hybridized carbons (Fsp3) is 0.929. The lowest BCUT2D eigenvalue weighted by Gasteiger charge is -2.37. The van der Waals surface area contributed by atoms with Gasteiger partial charge in [-0.05, 0) is 51.5 Å². The normalized spacial score (nSPS) is 31.6. The van der Waals surface area contributed by atoms with Crippen molar-refractivity contribution in [1.82, 2.24) is 4.90 Å². The van der Waals surface area contributed by atoms with Crippen LogP contribution in [-0.4, -0.2) is 42.1 Å². The summed E-state index contributed by atoms with van der Waals surface area (Å²) in [6.45, 7) is 3.24. The second-order valence-corrected chi connectivity index (χ2v) is 5.76. The van der Waals surface area contributed by atoms with Crippen molar-refractivity contribution in [2.24, 2.45) is 5.73 Å². The van der Waals surface area contributed by atoms with Crippen LogP contribution in [0.4, 0.5) is 0 Å². The van der Waals surface area contributed by atoms with Crippen molar-refractivity contribution in [1.29, 1.82) is 0 Å². The molecule has 0 aromatic carbocycles. The van der Waals surface area contributed by atoms with E-state index in [2.05, 4.69) is 4.90 Å². The van der Waals surface area contributed by atoms with Gasteiger partial charge in [-0.25, -0.2) is 0 Å². The quantitative estimate of drug-likeness (QED) is 0.579. The van der Waals surface area contributed by atoms with Crippen molar-refractivity contribution in [3.8, 4) is 0 Å². The number of esters is 1. The monoisotopic (exact) mass is 254 g/mol. The van der Waals surface area contributed by atoms with Gasteiger partial charge in [0.05, 0.1) is 6.61 Å². The fourth-order valence-electron chi connectivity index (χ4n) is 3.47. The lowest BCUT2D eigenvalue weighted by atomic mass is 9.98. The van der Waals surface area contributed by atoms with E-state index in [1.807, 2.05) is 0 Å². The van der Waals surface area contributed by atoms with E-state index >= 15 is 0 Å². The zero-order chi connectivity index (χ0) is 13.0. The van der Waals surface area contributed by atoms with Crippen LogP contribution in [0.25, 0.3) is 0 Å². The Hall–Kier alpha value is -0.610. The van der Waals surface area contributed by atoms with Gasteiger partial charge in [-0.2, -0.15) is 0 Å². The Labute approximate surface area is 110 Å². The van der Waals surface area contributed by atoms with Gasteiger partial charge in [-0.3, -0.25) is 9.69 Å². The van der Waals surface area contributed by atoms with Crippen LogP contribution < -0.4 is 5.73 Å². The van der Waals surface area contributed by atoms with Crippen molar-refractivity contribution in [3.63, 3.8) is 0 Å². The molecule has 2 aliphatic heterocycles. The molecule has 4 nitrogen and oxygen atoms in total. The Morgan fingerprint density at radius 1 is 1.22 bits per heavy atom. The molecule has 18 heavy (non-hydrogen) atoms. The standard InChI is InChI=1S/C14H26N2O2/c1-11(17)18-8-4-2-3-7-16-13-5-6-14(16)10-12(15)9-13/h12-14H,2-10,15H2,1H3. The molecule has 104 valence electrons. The van der Waals surface area contributed by atoms with Gasteiger partial charge in [0.25, 0.3) is 0 Å². The Balaban J connectivity index is 1.58. The predicted octanol–water partition coefficient (Wildman–Crippen LogP) is 1.67. The highest BCUT2D eigenvalue weighted by atomic mass is 16.5. The molecular weight excluding hydrogens is 228 g/mol. The van der Waals surface area contributed by atoms with Crippen LogP contribution in [0.15, 0.2) is 0 Å². The zero-order valence-electron chi connectivity index (χ0n) is 11.4. The molecule has 4 heteroatoms. The molecule has 2 aliphatic rings. The van der Waals surface area contributed by atoms with Gasteiger partial charge in [0.2, 0.25) is 0 Å². The third-order valence-electron chi connectivity index (χ3n) is 4.29. The molecule has 2 unspecified atom stereocenters. The number of rotatable bonds is 6. The first-order chi connectivity index (χ1) is 8.66. The maximum Gasteiger partial charge on any atom is 0.302 e. The maximum atomic E-state index is 10.6. The van der Waals surface area contributed by atoms with E-state index in [4.69, 9.17) is 10.5 Å². The highest BCUT2D eigenvalue weighted by Crippen LogP contribution is 2.35. The Morgan fingerprint density at radius 3 is 2.50 bits per heavy atom. The number of nitrogens with two attached hydrogens (primary N) is 1. The summed E-state index contributed by atoms with van der Waals surface area (Å²) >= 11 is 0. The molecule has 2 heterocycles. The molecule has 2 fully saturated rings. The van der Waals surface area contributed by atoms with Gasteiger partial charge in [-0.15, -0.1) is 0 Å². The molecule has 2 saturated heterocycles. The number of carbonyl (C=O) groups is 1. The first kappa shape index (κ1) is 13.8. The molecule has 2 atom stereocenters. The average molecular weight is 254 g/mol. The highest BCUT2D eigenvalue weighted by Gasteiger charge is 2.38. The molecule has 0 aromatic heterocycles. The van der Waals surface area contributed by atoms with Crippen molar-refractivity contribution >= 4 is 5.97 Å². The molecule has 2 rings (SSSR count). The number of nitrogens with zero attached hydrogens (tertiary/aromatic N) is 1. The maximum absolute atomic E-state index is 10.6. The number of carbonyl (C=O) groups excluding carboxylic acids is 1. The van der Waals surface area contributed by atoms with Gasteiger partial charge >= 0.3 is 5.97 Å². The second-order valence-electron chi connectivity index (χ2n) is 5.76. The Kier molecular flexibility index (Phi) is 5.01. The molecule has 0 radical (unpaired) electrons. The Morgan fingerprint density at radius 2 is 1.89 bits per heavy atom. The minimum Gasteiger partial charge on any atom is -0.466 e. The summed E-state index contributed by atoms with van der Waals surface area (Å²) in [4.78, 5) is 13.3. The number of piperidine rings is 1. The predicted molar refractivity (Wildman–Crippen MR) is 71.2 cm³/mol. The summed E-state index contributed by atoms with van der Waals surface area (Å²) in [5, 5.41) is 0. The molecule has 0 amide bonds. The average Bonchev–Trinajstić information content (AvgIpc) is 2.56. The van der Waals surface area contributed by atoms with Crippen LogP contribution in [0.1, 0.15) is 51.9 Å². The molecule has 0 saturated carbocycles. The van der Waals surface area contributed by atoms with E-state index < -0.39 is 0 Å². The number of hydrogen-bond acceptors (Lipinski definition) is 4. The van der Waals surface area contributed by atoms with Crippen molar-refractivity contribution in [3.05, 3.63) is 0 Å². The van der Waals surface area contributed by atoms with E-state index in [9.17, 15) is 4.79 Å². The molecule has 0 spiro atoms. The SMILES string of the molecule is CC(=O)OCCCCCN1C2CCC1CC(N)C2. The number of ether oxygens (including phenoxy) is 1. The smallest absolute Gasteiger partial charge is 0.302 e. The summed E-state index contributed by atoms with van der Waals surface area (Å²) in [6, 6.07) is 1.92. The topological polar surface area (TPSA) is 55.6 Å². The lowest BCUT2D eigenvalue weighted by Crippen LogP contribution is -2.47. The van der Waals surface area contributed by atoms with Crippen LogP contribution in [0.3, 0.4) is 0 Å². The van der Waals surface area contributed by atoms with Crippen molar-refractivity contribution in [2.75, 3.05) is 13.2 Å². The fourth-order valence-corrected chi connectivity index (χ4v) is 3.47. The number of unbranched alkanes of at least 4 members (excludes halogenated alkanes) is 2. The van der Waals surface area contributed by atoms with Crippen LogP contribution in [-0.2, 0) is 9.53 Å². The summed E-state index contributed by atoms with van der Waals surface area (Å²) in [7, 11) is 0. The summed E-state index contributed by atoms with van der Waals surface area (Å²) in [5.41, 5.74) is 6.07. The molecule has 2 bridgehead atoms. The van der Waals surface area contributed by atoms with Gasteiger partial charge in [0.15, 0.2) is 0 Å². The highest BCUT2D eigenvalue weighted by molar-refractivity contribution is 5.65. The Bertz CT molecular complexity index is 269. The zero-order valence-corrected chi connectivity index (χ0v) is 11.4. The van der Waals surface area contributed by atoms with Gasteiger partial charge in [-0.1, -0.05) is 0 Å². The molecular formula is C14H26N2O2. The van der Waals surface area contributed by atoms with Gasteiger partial charge in [0, 0.05) is 25.0 Å². The van der Waals surface area contributed by atoms with Gasteiger partial charge < -0.3 is 10.5 Å². The third-order valence-corrected chi connectivity index (χ3v) is 4.29. The molecule has 2 N–H and O–H groups in total. The summed E-state index contributed by atoms with van der Waals surface area (Å²) in [5.74, 6) is -0.168. The van der Waals surface area contributed by atoms with Crippen LogP contribution in [0.2, 0.25) is 0 Å². The van der Waals surface area contributed by atoms with E-state index in [0.29, 0.717) is 12.6 Å². The molecule has 0 aromatic rings. The largest absolute Gasteiger partial charge is 0.466 e. The number of fused-ring (bicyclic) bond motifs is 2. The van der Waals surface area contributed by atoms with E-state index in [-0.39, 0.29) is 5.97 Å². The lowest BCUT2D eigenvalue weighted by molar-refractivity contribution is -0.141. The minimum atomic E-state index is -0.168. The van der Waals surface area contributed by atoms with E-state index in [1.165, 1.54) is 45.6 Å². The van der Waals surface area contributed by atoms with Crippen molar-refractivity contribution < 1.29 is 9.53 Å². The summed E-state index contributed by atoms with van der Waals surface area (Å²) < 4.78 is 4.93. The van der Waals surface area contributed by atoms with Crippen LogP contribution in [0, 0.1) is 0 Å². The third kappa shape index (κ3) is 3.69. The second kappa shape index (κ2) is 6.53. The number of hydrogen-bond donors (Lipinski definition) is 1. The minimum absolute atomic E-state index is 0.168.